The fourth-order valence-electron chi connectivity index (χ4n) is 2.29. The van der Waals surface area contributed by atoms with E-state index >= 15 is 0 Å². The number of phenolic OH excluding ortho intramolecular Hbond substituents is 1. The second-order valence-corrected chi connectivity index (χ2v) is 6.90. The highest BCUT2D eigenvalue weighted by Crippen LogP contribution is 2.26. The third-order valence-corrected chi connectivity index (χ3v) is 4.79. The van der Waals surface area contributed by atoms with Crippen LogP contribution in [-0.2, 0) is 0 Å². The van der Waals surface area contributed by atoms with Crippen LogP contribution in [0, 0.1) is 0 Å². The first-order chi connectivity index (χ1) is 12.5. The van der Waals surface area contributed by atoms with Gasteiger partial charge in [0.1, 0.15) is 0 Å². The first-order valence-corrected chi connectivity index (χ1v) is 8.75. The smallest absolute Gasteiger partial charge is 0.266 e. The Morgan fingerprint density at radius 3 is 2.62 bits per heavy atom. The summed E-state index contributed by atoms with van der Waals surface area (Å²) in [6.07, 6.45) is 3.00. The molecule has 0 aliphatic carbocycles. The first kappa shape index (κ1) is 18.0. The van der Waals surface area contributed by atoms with Crippen molar-refractivity contribution in [3.05, 3.63) is 78.2 Å². The number of aromatic hydroxyl groups is 1. The van der Waals surface area contributed by atoms with E-state index in [0.717, 1.165) is 11.3 Å². The molecule has 5 nitrogen and oxygen atoms in total. The minimum Gasteiger partial charge on any atom is -0.504 e. The third kappa shape index (κ3) is 4.04. The molecule has 132 valence electrons. The Kier molecular flexibility index (Phi) is 5.25. The lowest BCUT2D eigenvalue weighted by Gasteiger charge is -2.02. The Labute approximate surface area is 157 Å². The molecule has 3 aromatic rings. The molecule has 1 heterocycles. The van der Waals surface area contributed by atoms with Crippen LogP contribution in [0.2, 0.25) is 5.02 Å². The lowest BCUT2D eigenvalue weighted by molar-refractivity contribution is 0.106. The average Bonchev–Trinajstić information content (AvgIpc) is 2.94. The topological polar surface area (TPSA) is 79.4 Å². The molecule has 0 saturated carbocycles. The molecule has 2 aromatic carbocycles. The number of rotatable bonds is 4. The van der Waals surface area contributed by atoms with Crippen LogP contribution in [0.1, 0.15) is 15.9 Å². The van der Waals surface area contributed by atoms with Gasteiger partial charge < -0.3 is 14.8 Å². The zero-order chi connectivity index (χ0) is 18.7. The maximum atomic E-state index is 12.2. The molecule has 0 aliphatic rings. The van der Waals surface area contributed by atoms with Gasteiger partial charge in [-0.15, -0.1) is 11.3 Å². The molecule has 0 unspecified atom stereocenters. The Morgan fingerprint density at radius 1 is 1.23 bits per heavy atom. The minimum atomic E-state index is -0.305. The number of thiazole rings is 1. The van der Waals surface area contributed by atoms with Gasteiger partial charge in [0.15, 0.2) is 17.3 Å². The second-order valence-electron chi connectivity index (χ2n) is 5.38. The van der Waals surface area contributed by atoms with Crippen LogP contribution in [0.25, 0.3) is 12.2 Å². The molecule has 0 fully saturated rings. The summed E-state index contributed by atoms with van der Waals surface area (Å²) in [4.78, 5) is 27.0. The Hall–Kier alpha value is -2.83. The molecule has 0 radical (unpaired) electrons. The average molecular weight is 388 g/mol. The standard InChI is InChI=1S/C19H14ClNO4S/c1-25-16-7-2-11(8-15(16)23)9-17-19(24)21-18(26-17)10-14(22)12-3-5-13(20)6-4-12/h2-10,23H,1H3,(H,21,24)/b17-9+,18-10-. The van der Waals surface area contributed by atoms with Gasteiger partial charge in [-0.3, -0.25) is 9.59 Å². The number of carbonyl (C=O) groups is 1. The minimum absolute atomic E-state index is 0.0149. The van der Waals surface area contributed by atoms with Gasteiger partial charge in [0.2, 0.25) is 0 Å². The monoisotopic (exact) mass is 387 g/mol. The van der Waals surface area contributed by atoms with Gasteiger partial charge in [0.05, 0.1) is 16.3 Å². The summed E-state index contributed by atoms with van der Waals surface area (Å²) in [5, 5.41) is 10.4. The van der Waals surface area contributed by atoms with E-state index in [0.29, 0.717) is 31.1 Å². The molecule has 0 atom stereocenters. The molecular weight excluding hydrogens is 374 g/mol. The molecule has 1 aromatic heterocycles. The number of ether oxygens (including phenoxy) is 1. The summed E-state index contributed by atoms with van der Waals surface area (Å²) in [6.45, 7) is 0. The quantitative estimate of drug-likeness (QED) is 0.673. The van der Waals surface area contributed by atoms with Crippen molar-refractivity contribution in [2.24, 2.45) is 0 Å². The van der Waals surface area contributed by atoms with Crippen molar-refractivity contribution < 1.29 is 14.6 Å². The number of Topliss-reactive ketones (excluding diaryl/α,β-unsaturated/α-hetero) is 1. The molecule has 0 bridgehead atoms. The maximum absolute atomic E-state index is 12.2. The number of methoxy groups -OCH3 is 1. The highest BCUT2D eigenvalue weighted by Gasteiger charge is 2.04. The van der Waals surface area contributed by atoms with Gasteiger partial charge in [-0.05, 0) is 48.0 Å². The SMILES string of the molecule is COc1ccc(/C=c2/s/c(=C\C(=O)c3ccc(Cl)cc3)[nH]c2=O)cc1O. The van der Waals surface area contributed by atoms with Crippen LogP contribution in [-0.4, -0.2) is 23.0 Å². The number of aromatic nitrogens is 1. The number of H-pyrrole nitrogens is 1. The summed E-state index contributed by atoms with van der Waals surface area (Å²) in [5.74, 6) is 0.108. The third-order valence-electron chi connectivity index (χ3n) is 3.57. The molecule has 7 heteroatoms. The van der Waals surface area contributed by atoms with Crippen LogP contribution >= 0.6 is 22.9 Å². The van der Waals surface area contributed by atoms with Crippen LogP contribution in [0.4, 0.5) is 0 Å². The van der Waals surface area contributed by atoms with Crippen molar-refractivity contribution in [2.45, 2.75) is 0 Å². The molecular formula is C19H14ClNO4S. The number of benzene rings is 2. The van der Waals surface area contributed by atoms with Crippen molar-refractivity contribution in [2.75, 3.05) is 7.11 Å². The Morgan fingerprint density at radius 2 is 1.96 bits per heavy atom. The number of hydrogen-bond acceptors (Lipinski definition) is 5. The van der Waals surface area contributed by atoms with Crippen molar-refractivity contribution in [3.8, 4) is 11.5 Å². The van der Waals surface area contributed by atoms with Gasteiger partial charge in [-0.1, -0.05) is 17.7 Å². The summed E-state index contributed by atoms with van der Waals surface area (Å²) in [6, 6.07) is 11.4. The van der Waals surface area contributed by atoms with Crippen LogP contribution in [0.3, 0.4) is 0 Å². The van der Waals surface area contributed by atoms with E-state index in [9.17, 15) is 14.7 Å². The van der Waals surface area contributed by atoms with E-state index in [1.807, 2.05) is 0 Å². The maximum Gasteiger partial charge on any atom is 0.266 e. The molecule has 0 saturated heterocycles. The predicted molar refractivity (Wildman–Crippen MR) is 103 cm³/mol. The van der Waals surface area contributed by atoms with Crippen molar-refractivity contribution in [1.82, 2.24) is 4.98 Å². The summed E-state index contributed by atoms with van der Waals surface area (Å²) < 4.78 is 5.86. The van der Waals surface area contributed by atoms with Gasteiger partial charge >= 0.3 is 0 Å². The molecule has 0 spiro atoms. The van der Waals surface area contributed by atoms with E-state index in [2.05, 4.69) is 4.98 Å². The van der Waals surface area contributed by atoms with Gasteiger partial charge in [0, 0.05) is 16.7 Å². The highest BCUT2D eigenvalue weighted by atomic mass is 35.5. The second kappa shape index (κ2) is 7.59. The molecule has 0 amide bonds. The Bertz CT molecular complexity index is 1130. The number of halogens is 1. The van der Waals surface area contributed by atoms with E-state index in [-0.39, 0.29) is 17.1 Å². The zero-order valence-electron chi connectivity index (χ0n) is 13.7. The molecule has 26 heavy (non-hydrogen) atoms. The highest BCUT2D eigenvalue weighted by molar-refractivity contribution is 7.07. The molecule has 2 N–H and O–H groups in total. The molecule has 3 rings (SSSR count). The number of phenols is 1. The van der Waals surface area contributed by atoms with Gasteiger partial charge in [-0.2, -0.15) is 0 Å². The zero-order valence-corrected chi connectivity index (χ0v) is 15.2. The van der Waals surface area contributed by atoms with E-state index in [1.54, 1.807) is 42.5 Å². The summed E-state index contributed by atoms with van der Waals surface area (Å²) in [5.41, 5.74) is 0.820. The van der Waals surface area contributed by atoms with Crippen LogP contribution in [0.15, 0.2) is 47.3 Å². The molecule has 0 aliphatic heterocycles. The number of nitrogens with one attached hydrogen (secondary N) is 1. The van der Waals surface area contributed by atoms with Crippen LogP contribution < -0.4 is 19.5 Å². The fraction of sp³-hybridized carbons (Fsp3) is 0.0526. The number of hydrogen-bond donors (Lipinski definition) is 2. The first-order valence-electron chi connectivity index (χ1n) is 7.56. The summed E-state index contributed by atoms with van der Waals surface area (Å²) >= 11 is 6.97. The largest absolute Gasteiger partial charge is 0.504 e. The number of aromatic amines is 1. The number of carbonyl (C=O) groups excluding carboxylic acids is 1. The lowest BCUT2D eigenvalue weighted by Crippen LogP contribution is -2.20. The van der Waals surface area contributed by atoms with E-state index in [1.165, 1.54) is 19.3 Å². The van der Waals surface area contributed by atoms with Gasteiger partial charge in [-0.25, -0.2) is 0 Å². The van der Waals surface area contributed by atoms with Crippen LogP contribution in [0.5, 0.6) is 11.5 Å². The number of ketones is 1. The predicted octanol–water partition coefficient (Wildman–Crippen LogP) is 2.30. The van der Waals surface area contributed by atoms with Crippen molar-refractivity contribution >= 4 is 40.9 Å². The van der Waals surface area contributed by atoms with Gasteiger partial charge in [0.25, 0.3) is 5.56 Å². The Balaban J connectivity index is 1.96. The van der Waals surface area contributed by atoms with E-state index in [4.69, 9.17) is 16.3 Å². The van der Waals surface area contributed by atoms with Crippen molar-refractivity contribution in [1.29, 1.82) is 0 Å². The van der Waals surface area contributed by atoms with E-state index < -0.39 is 0 Å². The fourth-order valence-corrected chi connectivity index (χ4v) is 3.30. The lowest BCUT2D eigenvalue weighted by atomic mass is 10.1. The summed E-state index contributed by atoms with van der Waals surface area (Å²) in [7, 11) is 1.46. The van der Waals surface area contributed by atoms with Crippen molar-refractivity contribution in [3.63, 3.8) is 0 Å². The normalized spacial score (nSPS) is 12.4.